The van der Waals surface area contributed by atoms with Gasteiger partial charge < -0.3 is 0 Å². The van der Waals surface area contributed by atoms with Crippen LogP contribution in [0.1, 0.15) is 6.42 Å². The van der Waals surface area contributed by atoms with Crippen molar-refractivity contribution in [2.24, 2.45) is 0 Å². The average Bonchev–Trinajstić information content (AvgIpc) is 2.78. The third kappa shape index (κ3) is 2.96. The Balaban J connectivity index is 2.28. The van der Waals surface area contributed by atoms with E-state index in [0.29, 0.717) is 0 Å². The molecular formula is C11H14FNO4S2. The van der Waals surface area contributed by atoms with Gasteiger partial charge in [0.25, 0.3) is 0 Å². The van der Waals surface area contributed by atoms with Crippen molar-refractivity contribution in [3.63, 3.8) is 0 Å². The standard InChI is InChI=1S/C11H14FNO4S2/c1-18(14,15)11-5-6-13(8-11)19(16,17)10-4-2-3-9(12)7-10/h2-4,7,11H,5-6,8H2,1H3. The lowest BCUT2D eigenvalue weighted by atomic mass is 10.4. The van der Waals surface area contributed by atoms with Crippen LogP contribution in [0, 0.1) is 5.82 Å². The van der Waals surface area contributed by atoms with E-state index >= 15 is 0 Å². The molecule has 0 aliphatic carbocycles. The number of nitrogens with zero attached hydrogens (tertiary/aromatic N) is 1. The number of hydrogen-bond donors (Lipinski definition) is 0. The molecule has 2 rings (SSSR count). The van der Waals surface area contributed by atoms with Gasteiger partial charge in [0.2, 0.25) is 10.0 Å². The molecule has 1 heterocycles. The van der Waals surface area contributed by atoms with Crippen molar-refractivity contribution in [3.8, 4) is 0 Å². The molecule has 8 heteroatoms. The van der Waals surface area contributed by atoms with Crippen molar-refractivity contribution in [1.82, 2.24) is 4.31 Å². The van der Waals surface area contributed by atoms with E-state index in [9.17, 15) is 21.2 Å². The van der Waals surface area contributed by atoms with Gasteiger partial charge in [-0.2, -0.15) is 4.31 Å². The van der Waals surface area contributed by atoms with Crippen LogP contribution in [0.4, 0.5) is 4.39 Å². The highest BCUT2D eigenvalue weighted by Crippen LogP contribution is 2.24. The summed E-state index contributed by atoms with van der Waals surface area (Å²) in [4.78, 5) is -0.151. The van der Waals surface area contributed by atoms with Gasteiger partial charge in [0.1, 0.15) is 5.82 Å². The van der Waals surface area contributed by atoms with Crippen LogP contribution >= 0.6 is 0 Å². The molecule has 1 unspecified atom stereocenters. The van der Waals surface area contributed by atoms with Gasteiger partial charge >= 0.3 is 0 Å². The van der Waals surface area contributed by atoms with Gasteiger partial charge in [0.05, 0.1) is 10.1 Å². The number of sulfone groups is 1. The third-order valence-electron chi connectivity index (χ3n) is 3.15. The third-order valence-corrected chi connectivity index (χ3v) is 6.60. The molecule has 1 atom stereocenters. The van der Waals surface area contributed by atoms with Crippen LogP contribution in [-0.2, 0) is 19.9 Å². The minimum Gasteiger partial charge on any atom is -0.229 e. The van der Waals surface area contributed by atoms with Crippen LogP contribution in [-0.4, -0.2) is 45.7 Å². The monoisotopic (exact) mass is 307 g/mol. The molecule has 1 aliphatic heterocycles. The van der Waals surface area contributed by atoms with Crippen molar-refractivity contribution in [3.05, 3.63) is 30.1 Å². The van der Waals surface area contributed by atoms with Crippen LogP contribution in [0.2, 0.25) is 0 Å². The first-order valence-corrected chi connectivity index (χ1v) is 9.05. The Bertz CT molecular complexity index is 684. The van der Waals surface area contributed by atoms with E-state index in [1.807, 2.05) is 0 Å². The van der Waals surface area contributed by atoms with Crippen molar-refractivity contribution >= 4 is 19.9 Å². The predicted octanol–water partition coefficient (Wildman–Crippen LogP) is 0.633. The van der Waals surface area contributed by atoms with E-state index in [1.54, 1.807) is 0 Å². The first kappa shape index (κ1) is 14.4. The number of sulfonamides is 1. The van der Waals surface area contributed by atoms with E-state index in [0.717, 1.165) is 22.7 Å². The minimum atomic E-state index is -3.83. The normalized spacial score (nSPS) is 21.7. The van der Waals surface area contributed by atoms with Gasteiger partial charge in [0, 0.05) is 19.3 Å². The summed E-state index contributed by atoms with van der Waals surface area (Å²) in [6.45, 7) is 0.0638. The van der Waals surface area contributed by atoms with Crippen molar-refractivity contribution in [2.45, 2.75) is 16.6 Å². The molecular weight excluding hydrogens is 293 g/mol. The second-order valence-electron chi connectivity index (χ2n) is 4.56. The zero-order valence-corrected chi connectivity index (χ0v) is 11.9. The summed E-state index contributed by atoms with van der Waals surface area (Å²) in [5.41, 5.74) is 0. The van der Waals surface area contributed by atoms with E-state index in [1.165, 1.54) is 12.1 Å². The van der Waals surface area contributed by atoms with E-state index in [2.05, 4.69) is 0 Å². The first-order valence-electron chi connectivity index (χ1n) is 5.66. The number of benzene rings is 1. The van der Waals surface area contributed by atoms with Crippen LogP contribution in [0.15, 0.2) is 29.2 Å². The maximum atomic E-state index is 13.1. The Morgan fingerprint density at radius 1 is 1.26 bits per heavy atom. The van der Waals surface area contributed by atoms with Gasteiger partial charge in [-0.3, -0.25) is 0 Å². The number of halogens is 1. The van der Waals surface area contributed by atoms with Crippen molar-refractivity contribution < 1.29 is 21.2 Å². The largest absolute Gasteiger partial charge is 0.243 e. The number of rotatable bonds is 3. The number of hydrogen-bond acceptors (Lipinski definition) is 4. The molecule has 0 bridgehead atoms. The highest BCUT2D eigenvalue weighted by Gasteiger charge is 2.36. The molecule has 0 amide bonds. The van der Waals surface area contributed by atoms with Crippen LogP contribution in [0.5, 0.6) is 0 Å². The fourth-order valence-electron chi connectivity index (χ4n) is 2.04. The van der Waals surface area contributed by atoms with Crippen LogP contribution < -0.4 is 0 Å². The molecule has 0 spiro atoms. The molecule has 5 nitrogen and oxygen atoms in total. The fourth-order valence-corrected chi connectivity index (χ4v) is 4.65. The molecule has 1 aliphatic rings. The maximum absolute atomic E-state index is 13.1. The van der Waals surface area contributed by atoms with Gasteiger partial charge in [-0.05, 0) is 24.6 Å². The molecule has 19 heavy (non-hydrogen) atoms. The quantitative estimate of drug-likeness (QED) is 0.821. The minimum absolute atomic E-state index is 0.0717. The summed E-state index contributed by atoms with van der Waals surface area (Å²) < 4.78 is 61.4. The maximum Gasteiger partial charge on any atom is 0.243 e. The predicted molar refractivity (Wildman–Crippen MR) is 68.4 cm³/mol. The Hall–Kier alpha value is -0.990. The highest BCUT2D eigenvalue weighted by molar-refractivity contribution is 7.91. The average molecular weight is 307 g/mol. The summed E-state index contributed by atoms with van der Waals surface area (Å²) in [6, 6.07) is 4.70. The molecule has 1 aromatic rings. The van der Waals surface area contributed by atoms with Gasteiger partial charge in [0.15, 0.2) is 9.84 Å². The Kier molecular flexibility index (Phi) is 3.67. The summed E-state index contributed by atoms with van der Waals surface area (Å²) >= 11 is 0. The van der Waals surface area contributed by atoms with E-state index < -0.39 is 30.9 Å². The molecule has 106 valence electrons. The summed E-state index contributed by atoms with van der Waals surface area (Å²) in [5.74, 6) is -0.639. The second kappa shape index (κ2) is 4.84. The second-order valence-corrected chi connectivity index (χ2v) is 8.82. The lowest BCUT2D eigenvalue weighted by molar-refractivity contribution is 0.476. The molecule has 1 saturated heterocycles. The van der Waals surface area contributed by atoms with Crippen LogP contribution in [0.3, 0.4) is 0 Å². The van der Waals surface area contributed by atoms with E-state index in [4.69, 9.17) is 0 Å². The topological polar surface area (TPSA) is 71.5 Å². The molecule has 1 aromatic carbocycles. The Labute approximate surface area is 112 Å². The Morgan fingerprint density at radius 3 is 2.47 bits per heavy atom. The summed E-state index contributed by atoms with van der Waals surface area (Å²) in [5, 5.41) is -0.684. The molecule has 0 aromatic heterocycles. The molecule has 0 N–H and O–H groups in total. The lowest BCUT2D eigenvalue weighted by Crippen LogP contribution is -2.31. The van der Waals surface area contributed by atoms with Gasteiger partial charge in [-0.1, -0.05) is 6.07 Å². The molecule has 0 radical (unpaired) electrons. The van der Waals surface area contributed by atoms with E-state index in [-0.39, 0.29) is 24.4 Å². The highest BCUT2D eigenvalue weighted by atomic mass is 32.2. The molecule has 1 fully saturated rings. The first-order chi connectivity index (χ1) is 8.71. The summed E-state index contributed by atoms with van der Waals surface area (Å²) in [6.07, 6.45) is 1.36. The zero-order valence-electron chi connectivity index (χ0n) is 10.3. The zero-order chi connectivity index (χ0) is 14.3. The molecule has 0 saturated carbocycles. The SMILES string of the molecule is CS(=O)(=O)C1CCN(S(=O)(=O)c2cccc(F)c2)C1. The smallest absolute Gasteiger partial charge is 0.229 e. The van der Waals surface area contributed by atoms with Gasteiger partial charge in [-0.15, -0.1) is 0 Å². The van der Waals surface area contributed by atoms with Crippen LogP contribution in [0.25, 0.3) is 0 Å². The van der Waals surface area contributed by atoms with Gasteiger partial charge in [-0.25, -0.2) is 21.2 Å². The van der Waals surface area contributed by atoms with Crippen molar-refractivity contribution in [1.29, 1.82) is 0 Å². The Morgan fingerprint density at radius 2 is 1.95 bits per heavy atom. The summed E-state index contributed by atoms with van der Waals surface area (Å²) in [7, 11) is -7.09. The lowest BCUT2D eigenvalue weighted by Gasteiger charge is -2.16. The van der Waals surface area contributed by atoms with Crippen molar-refractivity contribution in [2.75, 3.05) is 19.3 Å². The fraction of sp³-hybridized carbons (Fsp3) is 0.455.